The highest BCUT2D eigenvalue weighted by atomic mass is 32.2. The Balaban J connectivity index is 1.53. The number of nitrogens with zero attached hydrogens (tertiary/aromatic N) is 5. The van der Waals surface area contributed by atoms with E-state index in [4.69, 9.17) is 5.26 Å². The van der Waals surface area contributed by atoms with Gasteiger partial charge in [0, 0.05) is 24.0 Å². The number of rotatable bonds is 6. The number of hydrogen-bond donors (Lipinski definition) is 1. The van der Waals surface area contributed by atoms with E-state index < -0.39 is 0 Å². The van der Waals surface area contributed by atoms with Crippen LogP contribution in [0.4, 0.5) is 5.00 Å². The van der Waals surface area contributed by atoms with Crippen LogP contribution >= 0.6 is 23.1 Å². The summed E-state index contributed by atoms with van der Waals surface area (Å²) in [6.45, 7) is 1.83. The van der Waals surface area contributed by atoms with Crippen molar-refractivity contribution in [2.24, 2.45) is 0 Å². The number of amides is 1. The predicted octanol–water partition coefficient (Wildman–Crippen LogP) is 3.73. The Hall–Kier alpha value is -2.70. The molecule has 1 amide bonds. The topological polar surface area (TPSA) is 96.5 Å². The largest absolute Gasteiger partial charge is 0.316 e. The molecule has 1 atom stereocenters. The van der Waals surface area contributed by atoms with Gasteiger partial charge in [-0.25, -0.2) is 0 Å². The minimum Gasteiger partial charge on any atom is -0.316 e. The van der Waals surface area contributed by atoms with Crippen molar-refractivity contribution in [2.75, 3.05) is 5.32 Å². The minimum atomic E-state index is -0.373. The SMILES string of the molecule is CC(Sc1nnc(-c2cccnc2)n1C1CC1)C(=O)Nc1sccc1C#N. The summed E-state index contributed by atoms with van der Waals surface area (Å²) in [5.41, 5.74) is 1.39. The van der Waals surface area contributed by atoms with Gasteiger partial charge in [-0.3, -0.25) is 14.3 Å². The normalized spacial score (nSPS) is 14.5. The molecule has 1 aliphatic carbocycles. The average Bonchev–Trinajstić information content (AvgIpc) is 3.28. The Bertz CT molecular complexity index is 1000. The molecule has 0 bridgehead atoms. The lowest BCUT2D eigenvalue weighted by Gasteiger charge is -2.13. The molecule has 3 aromatic heterocycles. The molecule has 0 aromatic carbocycles. The molecular weight excluding hydrogens is 380 g/mol. The number of thioether (sulfide) groups is 1. The lowest BCUT2D eigenvalue weighted by atomic mass is 10.3. The van der Waals surface area contributed by atoms with Gasteiger partial charge in [0.05, 0.1) is 10.8 Å². The maximum Gasteiger partial charge on any atom is 0.238 e. The van der Waals surface area contributed by atoms with Gasteiger partial charge in [0.25, 0.3) is 0 Å². The molecule has 1 saturated carbocycles. The third kappa shape index (κ3) is 3.72. The van der Waals surface area contributed by atoms with Crippen LogP contribution in [0.25, 0.3) is 11.4 Å². The van der Waals surface area contributed by atoms with Crippen molar-refractivity contribution in [2.45, 2.75) is 36.2 Å². The number of pyridine rings is 1. The maximum absolute atomic E-state index is 12.6. The van der Waals surface area contributed by atoms with Crippen molar-refractivity contribution in [3.05, 3.63) is 41.5 Å². The van der Waals surface area contributed by atoms with Crippen molar-refractivity contribution < 1.29 is 4.79 Å². The standard InChI is InChI=1S/C18H16N6OS2/c1-11(16(25)21-17-12(9-19)6-8-26-17)27-18-23-22-15(24(18)14-4-5-14)13-3-2-7-20-10-13/h2-3,6-8,10-11,14H,4-5H2,1H3,(H,21,25). The second kappa shape index (κ2) is 7.50. The molecular formula is C18H16N6OS2. The lowest BCUT2D eigenvalue weighted by molar-refractivity contribution is -0.115. The third-order valence-electron chi connectivity index (χ3n) is 4.17. The van der Waals surface area contributed by atoms with Crippen molar-refractivity contribution in [1.82, 2.24) is 19.7 Å². The van der Waals surface area contributed by atoms with Gasteiger partial charge >= 0.3 is 0 Å². The molecule has 0 saturated heterocycles. The summed E-state index contributed by atoms with van der Waals surface area (Å²) >= 11 is 2.72. The van der Waals surface area contributed by atoms with Crippen LogP contribution in [0.1, 0.15) is 31.4 Å². The van der Waals surface area contributed by atoms with E-state index in [2.05, 4.69) is 31.1 Å². The van der Waals surface area contributed by atoms with Crippen LogP contribution in [-0.4, -0.2) is 30.9 Å². The lowest BCUT2D eigenvalue weighted by Crippen LogP contribution is -2.22. The van der Waals surface area contributed by atoms with Gasteiger partial charge in [-0.15, -0.1) is 21.5 Å². The number of aromatic nitrogens is 4. The highest BCUT2D eigenvalue weighted by molar-refractivity contribution is 8.00. The summed E-state index contributed by atoms with van der Waals surface area (Å²) in [7, 11) is 0. The molecule has 9 heteroatoms. The first-order valence-electron chi connectivity index (χ1n) is 8.47. The molecule has 136 valence electrons. The number of carbonyl (C=O) groups is 1. The molecule has 27 heavy (non-hydrogen) atoms. The molecule has 3 aromatic rings. The van der Waals surface area contributed by atoms with E-state index in [1.165, 1.54) is 23.1 Å². The number of thiophene rings is 1. The van der Waals surface area contributed by atoms with E-state index in [0.29, 0.717) is 16.6 Å². The molecule has 3 heterocycles. The summed E-state index contributed by atoms with van der Waals surface area (Å²) in [6, 6.07) is 7.98. The Morgan fingerprint density at radius 3 is 3.00 bits per heavy atom. The molecule has 7 nitrogen and oxygen atoms in total. The van der Waals surface area contributed by atoms with Gasteiger partial charge in [0.15, 0.2) is 11.0 Å². The highest BCUT2D eigenvalue weighted by Gasteiger charge is 2.31. The van der Waals surface area contributed by atoms with E-state index in [9.17, 15) is 4.79 Å². The smallest absolute Gasteiger partial charge is 0.238 e. The minimum absolute atomic E-state index is 0.160. The first-order valence-corrected chi connectivity index (χ1v) is 10.2. The van der Waals surface area contributed by atoms with Crippen molar-refractivity contribution in [3.8, 4) is 17.5 Å². The second-order valence-corrected chi connectivity index (χ2v) is 8.40. The number of hydrogen-bond acceptors (Lipinski definition) is 7. The Kier molecular flexibility index (Phi) is 4.92. The second-order valence-electron chi connectivity index (χ2n) is 6.17. The van der Waals surface area contributed by atoms with Crippen LogP contribution in [0.15, 0.2) is 41.1 Å². The maximum atomic E-state index is 12.6. The highest BCUT2D eigenvalue weighted by Crippen LogP contribution is 2.41. The van der Waals surface area contributed by atoms with Gasteiger partial charge in [-0.2, -0.15) is 5.26 Å². The van der Waals surface area contributed by atoms with E-state index in [-0.39, 0.29) is 11.2 Å². The average molecular weight is 397 g/mol. The molecule has 1 N–H and O–H groups in total. The fourth-order valence-electron chi connectivity index (χ4n) is 2.63. The molecule has 0 spiro atoms. The van der Waals surface area contributed by atoms with E-state index >= 15 is 0 Å². The Morgan fingerprint density at radius 1 is 1.44 bits per heavy atom. The third-order valence-corrected chi connectivity index (χ3v) is 6.06. The van der Waals surface area contributed by atoms with Crippen LogP contribution in [0.3, 0.4) is 0 Å². The van der Waals surface area contributed by atoms with Gasteiger partial charge < -0.3 is 5.32 Å². The predicted molar refractivity (Wildman–Crippen MR) is 105 cm³/mol. The zero-order chi connectivity index (χ0) is 18.8. The van der Waals surface area contributed by atoms with Crippen molar-refractivity contribution in [1.29, 1.82) is 5.26 Å². The molecule has 0 aliphatic heterocycles. The molecule has 4 rings (SSSR count). The quantitative estimate of drug-likeness (QED) is 0.638. The van der Waals surface area contributed by atoms with Gasteiger partial charge in [-0.05, 0) is 43.3 Å². The van der Waals surface area contributed by atoms with Crippen LogP contribution in [0, 0.1) is 11.3 Å². The Labute approximate surface area is 164 Å². The summed E-state index contributed by atoms with van der Waals surface area (Å²) < 4.78 is 2.11. The Morgan fingerprint density at radius 2 is 2.30 bits per heavy atom. The van der Waals surface area contributed by atoms with Gasteiger partial charge in [-0.1, -0.05) is 11.8 Å². The van der Waals surface area contributed by atoms with Crippen molar-refractivity contribution in [3.63, 3.8) is 0 Å². The summed E-state index contributed by atoms with van der Waals surface area (Å²) in [5.74, 6) is 0.623. The monoisotopic (exact) mass is 396 g/mol. The van der Waals surface area contributed by atoms with Gasteiger partial charge in [0.2, 0.25) is 5.91 Å². The molecule has 1 aliphatic rings. The van der Waals surface area contributed by atoms with Crippen LogP contribution in [0.5, 0.6) is 0 Å². The zero-order valence-electron chi connectivity index (χ0n) is 14.5. The van der Waals surface area contributed by atoms with Crippen molar-refractivity contribution >= 4 is 34.0 Å². The number of anilines is 1. The summed E-state index contributed by atoms with van der Waals surface area (Å²) in [6.07, 6.45) is 5.66. The first kappa shape index (κ1) is 17.7. The number of nitrogens with one attached hydrogen (secondary N) is 1. The fourth-order valence-corrected chi connectivity index (χ4v) is 4.29. The number of carbonyl (C=O) groups excluding carboxylic acids is 1. The molecule has 1 unspecified atom stereocenters. The first-order chi connectivity index (χ1) is 13.2. The van der Waals surface area contributed by atoms with Gasteiger partial charge in [0.1, 0.15) is 11.1 Å². The summed E-state index contributed by atoms with van der Waals surface area (Å²) in [4.78, 5) is 16.7. The fraction of sp³-hybridized carbons (Fsp3) is 0.278. The zero-order valence-corrected chi connectivity index (χ0v) is 16.1. The molecule has 0 radical (unpaired) electrons. The van der Waals surface area contributed by atoms with E-state index in [0.717, 1.165) is 29.4 Å². The van der Waals surface area contributed by atoms with Crippen LogP contribution in [0.2, 0.25) is 0 Å². The van der Waals surface area contributed by atoms with Crippen LogP contribution < -0.4 is 5.32 Å². The van der Waals surface area contributed by atoms with E-state index in [1.54, 1.807) is 23.8 Å². The number of nitriles is 1. The summed E-state index contributed by atoms with van der Waals surface area (Å²) in [5, 5.41) is 23.3. The van der Waals surface area contributed by atoms with E-state index in [1.807, 2.05) is 19.1 Å². The molecule has 1 fully saturated rings. The van der Waals surface area contributed by atoms with Crippen LogP contribution in [-0.2, 0) is 4.79 Å².